The van der Waals surface area contributed by atoms with Gasteiger partial charge in [-0.05, 0) is 35.9 Å². The van der Waals surface area contributed by atoms with Gasteiger partial charge in [-0.2, -0.15) is 0 Å². The van der Waals surface area contributed by atoms with Crippen molar-refractivity contribution in [3.8, 4) is 11.5 Å². The summed E-state index contributed by atoms with van der Waals surface area (Å²) in [5.41, 5.74) is 5.83. The Morgan fingerprint density at radius 2 is 1.62 bits per heavy atom. The molecule has 0 unspecified atom stereocenters. The number of carbonyl (C=O) groups excluding carboxylic acids is 2. The molecule has 124 valence electrons. The van der Waals surface area contributed by atoms with Crippen LogP contribution < -0.4 is 20.3 Å². The fourth-order valence-electron chi connectivity index (χ4n) is 1.95. The molecule has 2 N–H and O–H groups in total. The Morgan fingerprint density at radius 1 is 0.917 bits per heavy atom. The molecule has 0 saturated heterocycles. The number of methoxy groups -OCH3 is 2. The van der Waals surface area contributed by atoms with Gasteiger partial charge in [0.15, 0.2) is 0 Å². The molecule has 6 heteroatoms. The minimum absolute atomic E-state index is 0.333. The van der Waals surface area contributed by atoms with Crippen molar-refractivity contribution in [2.75, 3.05) is 14.2 Å². The Morgan fingerprint density at radius 3 is 2.29 bits per heavy atom. The Hall–Kier alpha value is -3.28. The van der Waals surface area contributed by atoms with E-state index in [4.69, 9.17) is 9.47 Å². The van der Waals surface area contributed by atoms with Crippen molar-refractivity contribution in [3.05, 3.63) is 65.7 Å². The predicted octanol–water partition coefficient (Wildman–Crippen LogP) is 2.18. The molecule has 2 rings (SSSR count). The van der Waals surface area contributed by atoms with E-state index in [-0.39, 0.29) is 0 Å². The Balaban J connectivity index is 1.90. The van der Waals surface area contributed by atoms with Gasteiger partial charge in [-0.3, -0.25) is 20.4 Å². The average Bonchev–Trinajstić information content (AvgIpc) is 2.64. The summed E-state index contributed by atoms with van der Waals surface area (Å²) in [5, 5.41) is 0. The number of nitrogens with one attached hydrogen (secondary N) is 2. The van der Waals surface area contributed by atoms with Gasteiger partial charge in [0.2, 0.25) is 0 Å². The first-order chi connectivity index (χ1) is 11.6. The van der Waals surface area contributed by atoms with E-state index in [9.17, 15) is 9.59 Å². The molecule has 0 spiro atoms. The molecule has 6 nitrogen and oxygen atoms in total. The van der Waals surface area contributed by atoms with Gasteiger partial charge in [0, 0.05) is 6.08 Å². The van der Waals surface area contributed by atoms with E-state index >= 15 is 0 Å². The standard InChI is InChI=1S/C18H18N2O4/c1-23-14-10-7-13(8-11-14)9-12-17(21)19-20-18(22)15-5-3-4-6-16(15)24-2/h3-12H,1-2H3,(H,19,21)(H,20,22)/b12-9+. The fraction of sp³-hybridized carbons (Fsp3) is 0.111. The molecule has 0 bridgehead atoms. The lowest BCUT2D eigenvalue weighted by atomic mass is 10.2. The maximum atomic E-state index is 12.0. The molecule has 2 aromatic rings. The van der Waals surface area contributed by atoms with Crippen molar-refractivity contribution >= 4 is 17.9 Å². The normalized spacial score (nSPS) is 10.2. The van der Waals surface area contributed by atoms with Gasteiger partial charge >= 0.3 is 0 Å². The van der Waals surface area contributed by atoms with Gasteiger partial charge in [-0.15, -0.1) is 0 Å². The SMILES string of the molecule is COc1ccc(/C=C/C(=O)NNC(=O)c2ccccc2OC)cc1. The largest absolute Gasteiger partial charge is 0.497 e. The number of hydrazine groups is 1. The first-order valence-corrected chi connectivity index (χ1v) is 7.19. The molecule has 24 heavy (non-hydrogen) atoms. The molecule has 0 heterocycles. The summed E-state index contributed by atoms with van der Waals surface area (Å²) in [4.78, 5) is 23.8. The highest BCUT2D eigenvalue weighted by Gasteiger charge is 2.11. The van der Waals surface area contributed by atoms with E-state index in [1.165, 1.54) is 13.2 Å². The van der Waals surface area contributed by atoms with Crippen LogP contribution in [0.25, 0.3) is 6.08 Å². The van der Waals surface area contributed by atoms with Crippen LogP contribution in [0.2, 0.25) is 0 Å². The highest BCUT2D eigenvalue weighted by atomic mass is 16.5. The third kappa shape index (κ3) is 4.61. The molecule has 2 amide bonds. The van der Waals surface area contributed by atoms with Gasteiger partial charge in [0.05, 0.1) is 19.8 Å². The van der Waals surface area contributed by atoms with Crippen molar-refractivity contribution in [1.82, 2.24) is 10.9 Å². The van der Waals surface area contributed by atoms with Gasteiger partial charge < -0.3 is 9.47 Å². The third-order valence-corrected chi connectivity index (χ3v) is 3.19. The maximum absolute atomic E-state index is 12.0. The van der Waals surface area contributed by atoms with Gasteiger partial charge in [0.1, 0.15) is 11.5 Å². The zero-order valence-electron chi connectivity index (χ0n) is 13.4. The van der Waals surface area contributed by atoms with Crippen LogP contribution in [0.1, 0.15) is 15.9 Å². The number of amides is 2. The monoisotopic (exact) mass is 326 g/mol. The minimum Gasteiger partial charge on any atom is -0.497 e. The first-order valence-electron chi connectivity index (χ1n) is 7.19. The highest BCUT2D eigenvalue weighted by molar-refractivity contribution is 5.99. The van der Waals surface area contributed by atoms with E-state index in [1.54, 1.807) is 49.6 Å². The quantitative estimate of drug-likeness (QED) is 0.652. The lowest BCUT2D eigenvalue weighted by molar-refractivity contribution is -0.117. The second-order valence-electron chi connectivity index (χ2n) is 4.75. The molecular weight excluding hydrogens is 308 g/mol. The van der Waals surface area contributed by atoms with Crippen LogP contribution >= 0.6 is 0 Å². The Bertz CT molecular complexity index is 739. The minimum atomic E-state index is -0.460. The number of hydrogen-bond acceptors (Lipinski definition) is 4. The summed E-state index contributed by atoms with van der Waals surface area (Å²) in [6, 6.07) is 14.0. The number of hydrogen-bond donors (Lipinski definition) is 2. The van der Waals surface area contributed by atoms with E-state index in [1.807, 2.05) is 12.1 Å². The van der Waals surface area contributed by atoms with Crippen molar-refractivity contribution < 1.29 is 19.1 Å². The van der Waals surface area contributed by atoms with Gasteiger partial charge in [-0.1, -0.05) is 24.3 Å². The molecule has 2 aromatic carbocycles. The fourth-order valence-corrected chi connectivity index (χ4v) is 1.95. The maximum Gasteiger partial charge on any atom is 0.273 e. The van der Waals surface area contributed by atoms with Crippen LogP contribution in [-0.4, -0.2) is 26.0 Å². The summed E-state index contributed by atoms with van der Waals surface area (Å²) in [7, 11) is 3.06. The second-order valence-corrected chi connectivity index (χ2v) is 4.75. The molecule has 0 aliphatic carbocycles. The van der Waals surface area contributed by atoms with Crippen molar-refractivity contribution in [2.45, 2.75) is 0 Å². The molecule has 0 atom stereocenters. The predicted molar refractivity (Wildman–Crippen MR) is 90.6 cm³/mol. The number of para-hydroxylation sites is 1. The van der Waals surface area contributed by atoms with Crippen molar-refractivity contribution in [2.24, 2.45) is 0 Å². The summed E-state index contributed by atoms with van der Waals surface area (Å²) in [6.07, 6.45) is 2.95. The number of carbonyl (C=O) groups is 2. The Labute approximate surface area is 140 Å². The van der Waals surface area contributed by atoms with Crippen LogP contribution in [0, 0.1) is 0 Å². The van der Waals surface area contributed by atoms with Crippen LogP contribution in [-0.2, 0) is 4.79 Å². The number of benzene rings is 2. The summed E-state index contributed by atoms with van der Waals surface area (Å²) in [6.45, 7) is 0. The summed E-state index contributed by atoms with van der Waals surface area (Å²) in [5.74, 6) is 0.256. The molecule has 0 saturated carbocycles. The van der Waals surface area contributed by atoms with Gasteiger partial charge in [-0.25, -0.2) is 0 Å². The molecule has 0 fully saturated rings. The van der Waals surface area contributed by atoms with Crippen LogP contribution in [0.3, 0.4) is 0 Å². The highest BCUT2D eigenvalue weighted by Crippen LogP contribution is 2.16. The zero-order valence-corrected chi connectivity index (χ0v) is 13.4. The van der Waals surface area contributed by atoms with E-state index in [0.29, 0.717) is 11.3 Å². The van der Waals surface area contributed by atoms with Crippen LogP contribution in [0.4, 0.5) is 0 Å². The second kappa shape index (κ2) is 8.38. The summed E-state index contributed by atoms with van der Waals surface area (Å²) >= 11 is 0. The van der Waals surface area contributed by atoms with Crippen molar-refractivity contribution in [1.29, 1.82) is 0 Å². The van der Waals surface area contributed by atoms with Crippen LogP contribution in [0.15, 0.2) is 54.6 Å². The lowest BCUT2D eigenvalue weighted by Crippen LogP contribution is -2.40. The first kappa shape index (κ1) is 17.1. The van der Waals surface area contributed by atoms with Gasteiger partial charge in [0.25, 0.3) is 11.8 Å². The smallest absolute Gasteiger partial charge is 0.273 e. The number of rotatable bonds is 5. The Kier molecular flexibility index (Phi) is 5.96. The molecule has 0 aliphatic heterocycles. The average molecular weight is 326 g/mol. The molecule has 0 radical (unpaired) electrons. The molecular formula is C18H18N2O4. The molecule has 0 aromatic heterocycles. The van der Waals surface area contributed by atoms with E-state index in [2.05, 4.69) is 10.9 Å². The topological polar surface area (TPSA) is 76.7 Å². The van der Waals surface area contributed by atoms with Crippen LogP contribution in [0.5, 0.6) is 11.5 Å². The van der Waals surface area contributed by atoms with E-state index in [0.717, 1.165) is 11.3 Å². The zero-order chi connectivity index (χ0) is 17.4. The van der Waals surface area contributed by atoms with E-state index < -0.39 is 11.8 Å². The molecule has 0 aliphatic rings. The lowest BCUT2D eigenvalue weighted by Gasteiger charge is -2.08. The van der Waals surface area contributed by atoms with Crippen molar-refractivity contribution in [3.63, 3.8) is 0 Å². The number of ether oxygens (including phenoxy) is 2. The summed E-state index contributed by atoms with van der Waals surface area (Å²) < 4.78 is 10.2. The third-order valence-electron chi connectivity index (χ3n) is 3.19.